The molecule has 0 aliphatic heterocycles. The number of hydrogen-bond donors (Lipinski definition) is 0. The van der Waals surface area contributed by atoms with Gasteiger partial charge in [-0.2, -0.15) is 0 Å². The van der Waals surface area contributed by atoms with Crippen LogP contribution in [0.1, 0.15) is 47.2 Å². The van der Waals surface area contributed by atoms with Crippen LogP contribution >= 0.6 is 0 Å². The van der Waals surface area contributed by atoms with Crippen molar-refractivity contribution in [2.45, 2.75) is 24.7 Å². The maximum Gasteiger partial charge on any atom is 0.0714 e. The number of hydrogen-bond acceptors (Lipinski definition) is 1. The Morgan fingerprint density at radius 3 is 1.55 bits per heavy atom. The molecule has 0 aromatic heterocycles. The van der Waals surface area contributed by atoms with Gasteiger partial charge >= 0.3 is 0 Å². The van der Waals surface area contributed by atoms with E-state index >= 15 is 0 Å². The third-order valence-electron chi connectivity index (χ3n) is 10.5. The molecule has 0 atom stereocenters. The first-order valence-electron chi connectivity index (χ1n) is 16.5. The average molecular weight is 602 g/mol. The molecular weight excluding hydrogens is 567 g/mol. The third kappa shape index (κ3) is 3.90. The Morgan fingerprint density at radius 1 is 0.383 bits per heavy atom. The highest BCUT2D eigenvalue weighted by molar-refractivity contribution is 5.95. The van der Waals surface area contributed by atoms with Crippen molar-refractivity contribution in [3.8, 4) is 22.3 Å². The van der Waals surface area contributed by atoms with Crippen LogP contribution in [0.2, 0.25) is 0 Å². The lowest BCUT2D eigenvalue weighted by Gasteiger charge is -2.35. The molecule has 9 rings (SSSR count). The average Bonchev–Trinajstić information content (AvgIpc) is 3.56. The maximum atomic E-state index is 2.46. The highest BCUT2D eigenvalue weighted by atomic mass is 15.1. The van der Waals surface area contributed by atoms with E-state index in [0.29, 0.717) is 0 Å². The Balaban J connectivity index is 1.33. The van der Waals surface area contributed by atoms with Crippen molar-refractivity contribution in [3.05, 3.63) is 209 Å². The van der Waals surface area contributed by atoms with Gasteiger partial charge in [0.1, 0.15) is 0 Å². The molecule has 0 unspecified atom stereocenters. The number of para-hydroxylation sites is 1. The summed E-state index contributed by atoms with van der Waals surface area (Å²) in [6.07, 6.45) is 0. The highest BCUT2D eigenvalue weighted by Gasteiger charge is 2.46. The predicted molar refractivity (Wildman–Crippen MR) is 196 cm³/mol. The fraction of sp³-hybridized carbons (Fsp3) is 0.0870. The zero-order valence-electron chi connectivity index (χ0n) is 26.7. The van der Waals surface area contributed by atoms with Gasteiger partial charge < -0.3 is 4.90 Å². The van der Waals surface area contributed by atoms with E-state index in [2.05, 4.69) is 195 Å². The molecule has 0 bridgehead atoms. The van der Waals surface area contributed by atoms with Gasteiger partial charge in [0.2, 0.25) is 0 Å². The van der Waals surface area contributed by atoms with Gasteiger partial charge in [0.25, 0.3) is 0 Å². The summed E-state index contributed by atoms with van der Waals surface area (Å²) in [5.41, 5.74) is 16.1. The van der Waals surface area contributed by atoms with E-state index in [4.69, 9.17) is 0 Å². The highest BCUT2D eigenvalue weighted by Crippen LogP contribution is 2.58. The van der Waals surface area contributed by atoms with Gasteiger partial charge in [0.05, 0.1) is 11.1 Å². The molecule has 0 N–H and O–H groups in total. The van der Waals surface area contributed by atoms with Gasteiger partial charge in [-0.3, -0.25) is 0 Å². The van der Waals surface area contributed by atoms with Crippen molar-refractivity contribution in [1.29, 1.82) is 0 Å². The quantitative estimate of drug-likeness (QED) is 0.190. The summed E-state index contributed by atoms with van der Waals surface area (Å²) >= 11 is 0. The molecular formula is C46H35N. The largest absolute Gasteiger partial charge is 0.310 e. The summed E-state index contributed by atoms with van der Waals surface area (Å²) in [6.45, 7) is 4.71. The lowest BCUT2D eigenvalue weighted by Crippen LogP contribution is -2.28. The van der Waals surface area contributed by atoms with Crippen molar-refractivity contribution in [2.24, 2.45) is 0 Å². The first-order valence-corrected chi connectivity index (χ1v) is 16.5. The molecule has 224 valence electrons. The molecule has 7 aromatic carbocycles. The van der Waals surface area contributed by atoms with Gasteiger partial charge in [-0.15, -0.1) is 0 Å². The standard InChI is InChI=1S/C46H35N/c1-45(2)39-26-12-11-25-38(39)44-42(45)29-16-30-43(44)47(34-20-7-4-8-21-34)35-22-15-19-33(31-35)46(32-17-5-3-6-18-32)40-27-13-9-23-36(40)37-24-10-14-28-41(37)46/h3-31H,1-2H3. The molecule has 7 aromatic rings. The molecule has 0 saturated heterocycles. The first kappa shape index (κ1) is 27.6. The van der Waals surface area contributed by atoms with Crippen LogP contribution in [0.4, 0.5) is 17.1 Å². The van der Waals surface area contributed by atoms with Crippen LogP contribution in [0.3, 0.4) is 0 Å². The van der Waals surface area contributed by atoms with Crippen molar-refractivity contribution in [1.82, 2.24) is 0 Å². The van der Waals surface area contributed by atoms with E-state index in [1.54, 1.807) is 0 Å². The van der Waals surface area contributed by atoms with Crippen LogP contribution < -0.4 is 4.90 Å². The second-order valence-electron chi connectivity index (χ2n) is 13.3. The van der Waals surface area contributed by atoms with E-state index in [9.17, 15) is 0 Å². The Kier molecular flexibility index (Phi) is 6.14. The van der Waals surface area contributed by atoms with Crippen LogP contribution in [-0.4, -0.2) is 0 Å². The zero-order valence-corrected chi connectivity index (χ0v) is 26.7. The van der Waals surface area contributed by atoms with Crippen molar-refractivity contribution >= 4 is 17.1 Å². The van der Waals surface area contributed by atoms with Crippen LogP contribution in [0.15, 0.2) is 176 Å². The van der Waals surface area contributed by atoms with Crippen LogP contribution in [-0.2, 0) is 10.8 Å². The second-order valence-corrected chi connectivity index (χ2v) is 13.3. The number of benzene rings is 7. The molecule has 2 aliphatic carbocycles. The van der Waals surface area contributed by atoms with Gasteiger partial charge in [-0.05, 0) is 80.4 Å². The minimum Gasteiger partial charge on any atom is -0.310 e. The summed E-state index contributed by atoms with van der Waals surface area (Å²) in [5, 5.41) is 0. The summed E-state index contributed by atoms with van der Waals surface area (Å²) in [4.78, 5) is 2.46. The van der Waals surface area contributed by atoms with E-state index in [1.165, 1.54) is 61.3 Å². The summed E-state index contributed by atoms with van der Waals surface area (Å²) in [5.74, 6) is 0. The van der Waals surface area contributed by atoms with Gasteiger partial charge in [-0.25, -0.2) is 0 Å². The van der Waals surface area contributed by atoms with Crippen LogP contribution in [0, 0.1) is 0 Å². The fourth-order valence-corrected chi connectivity index (χ4v) is 8.52. The minimum atomic E-state index is -0.458. The smallest absolute Gasteiger partial charge is 0.0714 e. The van der Waals surface area contributed by atoms with Gasteiger partial charge in [-0.1, -0.05) is 159 Å². The second kappa shape index (κ2) is 10.4. The third-order valence-corrected chi connectivity index (χ3v) is 10.5. The van der Waals surface area contributed by atoms with E-state index in [1.807, 2.05) is 0 Å². The lowest BCUT2D eigenvalue weighted by atomic mass is 9.67. The zero-order chi connectivity index (χ0) is 31.6. The topological polar surface area (TPSA) is 3.24 Å². The summed E-state index contributed by atoms with van der Waals surface area (Å²) < 4.78 is 0. The van der Waals surface area contributed by atoms with Crippen molar-refractivity contribution < 1.29 is 0 Å². The molecule has 0 heterocycles. The molecule has 1 heteroatoms. The predicted octanol–water partition coefficient (Wildman–Crippen LogP) is 11.8. The SMILES string of the molecule is CC1(C)c2ccccc2-c2c(N(c3ccccc3)c3cccc(C4(c5ccccc5)c5ccccc5-c5ccccc54)c3)cccc21. The van der Waals surface area contributed by atoms with E-state index < -0.39 is 5.41 Å². The number of rotatable bonds is 5. The lowest BCUT2D eigenvalue weighted by molar-refractivity contribution is 0.660. The molecule has 1 nitrogen and oxygen atoms in total. The molecule has 0 amide bonds. The fourth-order valence-electron chi connectivity index (χ4n) is 8.52. The van der Waals surface area contributed by atoms with E-state index in [0.717, 1.165) is 11.4 Å². The molecule has 0 saturated carbocycles. The van der Waals surface area contributed by atoms with Crippen molar-refractivity contribution in [2.75, 3.05) is 4.90 Å². The van der Waals surface area contributed by atoms with Crippen LogP contribution in [0.25, 0.3) is 22.3 Å². The molecule has 2 aliphatic rings. The number of nitrogens with zero attached hydrogens (tertiary/aromatic N) is 1. The normalized spacial score (nSPS) is 14.5. The summed E-state index contributed by atoms with van der Waals surface area (Å²) in [6, 6.07) is 64.9. The minimum absolute atomic E-state index is 0.0826. The maximum absolute atomic E-state index is 2.46. The first-order chi connectivity index (χ1) is 23.1. The van der Waals surface area contributed by atoms with Gasteiger partial charge in [0, 0.05) is 22.4 Å². The summed E-state index contributed by atoms with van der Waals surface area (Å²) in [7, 11) is 0. The molecule has 0 spiro atoms. The van der Waals surface area contributed by atoms with E-state index in [-0.39, 0.29) is 5.41 Å². The molecule has 0 radical (unpaired) electrons. The Morgan fingerprint density at radius 2 is 0.872 bits per heavy atom. The Bertz CT molecular complexity index is 2230. The Labute approximate surface area is 277 Å². The number of fused-ring (bicyclic) bond motifs is 6. The molecule has 0 fully saturated rings. The monoisotopic (exact) mass is 601 g/mol. The van der Waals surface area contributed by atoms with Crippen LogP contribution in [0.5, 0.6) is 0 Å². The Hall–Kier alpha value is -5.66. The number of anilines is 3. The van der Waals surface area contributed by atoms with Crippen molar-refractivity contribution in [3.63, 3.8) is 0 Å². The molecule has 47 heavy (non-hydrogen) atoms. The van der Waals surface area contributed by atoms with Gasteiger partial charge in [0.15, 0.2) is 0 Å².